The zero-order valence-corrected chi connectivity index (χ0v) is 15.4. The minimum absolute atomic E-state index is 0.0408. The van der Waals surface area contributed by atoms with E-state index in [4.69, 9.17) is 0 Å². The number of nitrogens with zero attached hydrogens (tertiary/aromatic N) is 2. The molecule has 1 aromatic rings. The van der Waals surface area contributed by atoms with Crippen molar-refractivity contribution in [1.29, 1.82) is 0 Å². The predicted octanol–water partition coefficient (Wildman–Crippen LogP) is 2.28. The Morgan fingerprint density at radius 3 is 2.24 bits per heavy atom. The van der Waals surface area contributed by atoms with E-state index in [2.05, 4.69) is 6.07 Å². The first-order chi connectivity index (χ1) is 11.9. The number of rotatable bonds is 3. The summed E-state index contributed by atoms with van der Waals surface area (Å²) in [6.07, 6.45) is 1.88. The lowest BCUT2D eigenvalue weighted by molar-refractivity contribution is -0.141. The summed E-state index contributed by atoms with van der Waals surface area (Å²) in [7, 11) is 0. The normalized spacial score (nSPS) is 23.2. The summed E-state index contributed by atoms with van der Waals surface area (Å²) < 4.78 is 0. The van der Waals surface area contributed by atoms with Crippen LogP contribution in [0.25, 0.3) is 0 Å². The van der Waals surface area contributed by atoms with Crippen molar-refractivity contribution < 1.29 is 14.7 Å². The largest absolute Gasteiger partial charge is 0.393 e. The first-order valence-electron chi connectivity index (χ1n) is 9.23. The van der Waals surface area contributed by atoms with Crippen LogP contribution in [0.15, 0.2) is 18.2 Å². The Morgan fingerprint density at radius 2 is 1.68 bits per heavy atom. The molecule has 1 N–H and O–H groups in total. The first kappa shape index (κ1) is 17.9. The fraction of sp³-hybridized carbons (Fsp3) is 0.600. The lowest BCUT2D eigenvalue weighted by Gasteiger charge is -2.34. The number of carbonyl (C=O) groups is 2. The number of aliphatic hydroxyl groups is 1. The molecule has 0 spiro atoms. The van der Waals surface area contributed by atoms with Gasteiger partial charge in [-0.2, -0.15) is 0 Å². The van der Waals surface area contributed by atoms with Gasteiger partial charge >= 0.3 is 0 Å². The molecule has 0 aromatic heterocycles. The number of piperidine rings is 1. The number of aryl methyl sites for hydroxylation is 2. The van der Waals surface area contributed by atoms with Crippen molar-refractivity contribution in [3.63, 3.8) is 0 Å². The summed E-state index contributed by atoms with van der Waals surface area (Å²) in [5.41, 5.74) is 3.14. The third kappa shape index (κ3) is 3.71. The van der Waals surface area contributed by atoms with E-state index in [9.17, 15) is 14.7 Å². The molecule has 25 heavy (non-hydrogen) atoms. The van der Waals surface area contributed by atoms with Gasteiger partial charge in [0.2, 0.25) is 11.8 Å². The Labute approximate surface area is 149 Å². The summed E-state index contributed by atoms with van der Waals surface area (Å²) in [6, 6.07) is 6.09. The second-order valence-corrected chi connectivity index (χ2v) is 7.58. The fourth-order valence-corrected chi connectivity index (χ4v) is 4.09. The molecule has 2 saturated heterocycles. The predicted molar refractivity (Wildman–Crippen MR) is 97.4 cm³/mol. The second-order valence-electron chi connectivity index (χ2n) is 7.58. The third-order valence-electron chi connectivity index (χ3n) is 5.56. The van der Waals surface area contributed by atoms with Crippen LogP contribution < -0.4 is 4.90 Å². The van der Waals surface area contributed by atoms with Gasteiger partial charge in [0.05, 0.1) is 6.10 Å². The number of likely N-dealkylation sites (tertiary alicyclic amines) is 1. The average Bonchev–Trinajstić information content (AvgIpc) is 2.95. The molecular weight excluding hydrogens is 316 g/mol. The summed E-state index contributed by atoms with van der Waals surface area (Å²) in [6.45, 7) is 7.73. The molecule has 2 atom stereocenters. The van der Waals surface area contributed by atoms with Gasteiger partial charge in [0.15, 0.2) is 0 Å². The van der Waals surface area contributed by atoms with E-state index in [1.54, 1.807) is 4.90 Å². The SMILES string of the molecule is Cc1cc(C)cc(N2CCC(C(=O)N3CCC(C(C)O)CC3)C2=O)c1. The van der Waals surface area contributed by atoms with Crippen molar-refractivity contribution in [2.45, 2.75) is 46.1 Å². The van der Waals surface area contributed by atoms with Crippen LogP contribution in [0.2, 0.25) is 0 Å². The molecule has 5 heteroatoms. The Kier molecular flexibility index (Phi) is 5.13. The van der Waals surface area contributed by atoms with Crippen LogP contribution >= 0.6 is 0 Å². The van der Waals surface area contributed by atoms with Crippen molar-refractivity contribution >= 4 is 17.5 Å². The van der Waals surface area contributed by atoms with Gasteiger partial charge in [-0.1, -0.05) is 6.07 Å². The van der Waals surface area contributed by atoms with Crippen molar-refractivity contribution in [2.24, 2.45) is 11.8 Å². The maximum atomic E-state index is 12.8. The molecule has 3 rings (SSSR count). The van der Waals surface area contributed by atoms with Crippen LogP contribution in [0, 0.1) is 25.7 Å². The zero-order valence-electron chi connectivity index (χ0n) is 15.4. The molecule has 2 heterocycles. The molecule has 2 fully saturated rings. The molecule has 2 amide bonds. The van der Waals surface area contributed by atoms with Gasteiger partial charge in [0.25, 0.3) is 0 Å². The Morgan fingerprint density at radius 1 is 1.08 bits per heavy atom. The Bertz CT molecular complexity index is 643. The molecular formula is C20H28N2O3. The molecule has 0 bridgehead atoms. The van der Waals surface area contributed by atoms with E-state index in [1.165, 1.54) is 0 Å². The quantitative estimate of drug-likeness (QED) is 0.856. The van der Waals surface area contributed by atoms with Crippen LogP contribution in [-0.4, -0.2) is 47.6 Å². The minimum atomic E-state index is -0.552. The molecule has 2 aliphatic rings. The summed E-state index contributed by atoms with van der Waals surface area (Å²) in [5, 5.41) is 9.70. The smallest absolute Gasteiger partial charge is 0.239 e. The highest BCUT2D eigenvalue weighted by Crippen LogP contribution is 2.29. The monoisotopic (exact) mass is 344 g/mol. The maximum absolute atomic E-state index is 12.8. The van der Waals surface area contributed by atoms with Gasteiger partial charge in [-0.15, -0.1) is 0 Å². The molecule has 0 aliphatic carbocycles. The number of benzene rings is 1. The average molecular weight is 344 g/mol. The van der Waals surface area contributed by atoms with Crippen LogP contribution in [-0.2, 0) is 9.59 Å². The molecule has 2 unspecified atom stereocenters. The van der Waals surface area contributed by atoms with E-state index in [0.717, 1.165) is 29.7 Å². The van der Waals surface area contributed by atoms with Gasteiger partial charge in [0.1, 0.15) is 5.92 Å². The number of anilines is 1. The molecule has 0 saturated carbocycles. The molecule has 1 aromatic carbocycles. The van der Waals surface area contributed by atoms with Crippen molar-refractivity contribution in [2.75, 3.05) is 24.5 Å². The first-order valence-corrected chi connectivity index (χ1v) is 9.23. The van der Waals surface area contributed by atoms with E-state index in [1.807, 2.05) is 37.8 Å². The van der Waals surface area contributed by atoms with Gasteiger partial charge in [-0.05, 0) is 69.2 Å². The highest BCUT2D eigenvalue weighted by atomic mass is 16.3. The topological polar surface area (TPSA) is 60.9 Å². The van der Waals surface area contributed by atoms with Crippen LogP contribution in [0.1, 0.15) is 37.3 Å². The van der Waals surface area contributed by atoms with Gasteiger partial charge in [-0.25, -0.2) is 0 Å². The van der Waals surface area contributed by atoms with Crippen molar-refractivity contribution in [1.82, 2.24) is 4.90 Å². The minimum Gasteiger partial charge on any atom is -0.393 e. The van der Waals surface area contributed by atoms with Crippen molar-refractivity contribution in [3.05, 3.63) is 29.3 Å². The number of aliphatic hydroxyl groups excluding tert-OH is 1. The van der Waals surface area contributed by atoms with Gasteiger partial charge in [-0.3, -0.25) is 9.59 Å². The van der Waals surface area contributed by atoms with Crippen molar-refractivity contribution in [3.8, 4) is 0 Å². The Balaban J connectivity index is 1.66. The summed E-state index contributed by atoms with van der Waals surface area (Å²) >= 11 is 0. The van der Waals surface area contributed by atoms with E-state index in [-0.39, 0.29) is 23.8 Å². The lowest BCUT2D eigenvalue weighted by atomic mass is 9.91. The van der Waals surface area contributed by atoms with Crippen LogP contribution in [0.4, 0.5) is 5.69 Å². The molecule has 2 aliphatic heterocycles. The van der Waals surface area contributed by atoms with Crippen LogP contribution in [0.3, 0.4) is 0 Å². The molecule has 136 valence electrons. The highest BCUT2D eigenvalue weighted by Gasteiger charge is 2.40. The van der Waals surface area contributed by atoms with Crippen LogP contribution in [0.5, 0.6) is 0 Å². The fourth-order valence-electron chi connectivity index (χ4n) is 4.09. The lowest BCUT2D eigenvalue weighted by Crippen LogP contribution is -2.45. The maximum Gasteiger partial charge on any atom is 0.239 e. The molecule has 5 nitrogen and oxygen atoms in total. The third-order valence-corrected chi connectivity index (χ3v) is 5.56. The Hall–Kier alpha value is -1.88. The number of hydrogen-bond acceptors (Lipinski definition) is 3. The van der Waals surface area contributed by atoms with E-state index < -0.39 is 5.92 Å². The summed E-state index contributed by atoms with van der Waals surface area (Å²) in [5.74, 6) is -0.410. The standard InChI is InChI=1S/C20H28N2O3/c1-13-10-14(2)12-17(11-13)22-9-6-18(20(22)25)19(24)21-7-4-16(5-8-21)15(3)23/h10-12,15-16,18,23H,4-9H2,1-3H3. The van der Waals surface area contributed by atoms with E-state index in [0.29, 0.717) is 26.1 Å². The number of amides is 2. The zero-order chi connectivity index (χ0) is 18.1. The second kappa shape index (κ2) is 7.16. The summed E-state index contributed by atoms with van der Waals surface area (Å²) in [4.78, 5) is 29.2. The number of carbonyl (C=O) groups excluding carboxylic acids is 2. The van der Waals surface area contributed by atoms with E-state index >= 15 is 0 Å². The molecule has 0 radical (unpaired) electrons. The van der Waals surface area contributed by atoms with Gasteiger partial charge in [0, 0.05) is 25.3 Å². The highest BCUT2D eigenvalue weighted by molar-refractivity contribution is 6.09. The van der Waals surface area contributed by atoms with Gasteiger partial charge < -0.3 is 14.9 Å². The number of hydrogen-bond donors (Lipinski definition) is 1.